The second kappa shape index (κ2) is 15.8. The summed E-state index contributed by atoms with van der Waals surface area (Å²) in [6, 6.07) is 35.2. The molecule has 0 aromatic heterocycles. The summed E-state index contributed by atoms with van der Waals surface area (Å²) in [5, 5.41) is 0. The quantitative estimate of drug-likeness (QED) is 0.194. The summed E-state index contributed by atoms with van der Waals surface area (Å²) < 4.78 is 0. The molecular weight excluding hydrogens is 585 g/mol. The lowest BCUT2D eigenvalue weighted by Crippen LogP contribution is -2.22. The molecule has 4 nitrogen and oxygen atoms in total. The number of anilines is 2. The molecule has 4 aromatic carbocycles. The molecule has 0 amide bonds. The fourth-order valence-corrected chi connectivity index (χ4v) is 6.83. The van der Waals surface area contributed by atoms with Gasteiger partial charge in [-0.3, -0.25) is 9.98 Å². The summed E-state index contributed by atoms with van der Waals surface area (Å²) >= 11 is 0. The van der Waals surface area contributed by atoms with Crippen LogP contribution in [0.3, 0.4) is 0 Å². The van der Waals surface area contributed by atoms with Crippen LogP contribution in [0.2, 0.25) is 0 Å². The van der Waals surface area contributed by atoms with Gasteiger partial charge in [-0.15, -0.1) is 0 Å². The third kappa shape index (κ3) is 7.94. The normalized spacial score (nSPS) is 18.0. The predicted molar refractivity (Wildman–Crippen MR) is 205 cm³/mol. The second-order valence-corrected chi connectivity index (χ2v) is 13.1. The summed E-state index contributed by atoms with van der Waals surface area (Å²) in [7, 11) is 0. The number of nitrogens with zero attached hydrogens (tertiary/aromatic N) is 4. The summed E-state index contributed by atoms with van der Waals surface area (Å²) in [5.74, 6) is 0. The van der Waals surface area contributed by atoms with Crippen LogP contribution in [0.4, 0.5) is 11.4 Å². The molecule has 4 heteroatoms. The summed E-state index contributed by atoms with van der Waals surface area (Å²) in [4.78, 5) is 14.7. The highest BCUT2D eigenvalue weighted by molar-refractivity contribution is 6.14. The molecule has 48 heavy (non-hydrogen) atoms. The van der Waals surface area contributed by atoms with Gasteiger partial charge in [0, 0.05) is 49.7 Å². The first-order valence-electron chi connectivity index (χ1n) is 17.8. The Labute approximate surface area is 286 Å². The Morgan fingerprint density at radius 3 is 1.23 bits per heavy atom. The van der Waals surface area contributed by atoms with Gasteiger partial charge in [-0.05, 0) is 59.4 Å². The molecule has 0 aliphatic carbocycles. The molecular formula is C44H46N4. The zero-order valence-electron chi connectivity index (χ0n) is 28.0. The van der Waals surface area contributed by atoms with Crippen LogP contribution in [-0.4, -0.2) is 24.5 Å². The third-order valence-electron chi connectivity index (χ3n) is 9.57. The number of rotatable bonds is 0. The minimum absolute atomic E-state index is 0.830. The first-order chi connectivity index (χ1) is 23.8. The van der Waals surface area contributed by atoms with Crippen molar-refractivity contribution in [2.45, 2.75) is 64.5 Å². The van der Waals surface area contributed by atoms with Gasteiger partial charge in [0.05, 0.1) is 22.8 Å². The zero-order chi connectivity index (χ0) is 32.4. The molecule has 0 saturated carbocycles. The highest BCUT2D eigenvalue weighted by Crippen LogP contribution is 2.29. The summed E-state index contributed by atoms with van der Waals surface area (Å²) in [6.45, 7) is 3.44. The number of hydrogen-bond donors (Lipinski definition) is 0. The molecule has 0 radical (unpaired) electrons. The van der Waals surface area contributed by atoms with Crippen LogP contribution in [0.5, 0.6) is 0 Å². The number of para-hydroxylation sites is 2. The molecule has 10 rings (SSSR count). The topological polar surface area (TPSA) is 31.2 Å². The highest BCUT2D eigenvalue weighted by Gasteiger charge is 2.18. The number of aliphatic imine (C=N–C) groups is 2. The SMILES string of the molecule is C1=CN2Cc3ccc(cc3)/C=C\c3ccc(cc3)CN3C=CC(=NCCCCCCCCCCN=C1c1ccccc12)c1ccccc13. The molecule has 6 heterocycles. The lowest BCUT2D eigenvalue weighted by molar-refractivity contribution is 0.573. The van der Waals surface area contributed by atoms with Crippen molar-refractivity contribution in [3.05, 3.63) is 155 Å². The Kier molecular flexibility index (Phi) is 10.4. The van der Waals surface area contributed by atoms with Gasteiger partial charge in [-0.2, -0.15) is 0 Å². The molecule has 4 aromatic rings. The average molecular weight is 631 g/mol. The summed E-state index contributed by atoms with van der Waals surface area (Å²) in [5.41, 5.74) is 12.1. The predicted octanol–water partition coefficient (Wildman–Crippen LogP) is 10.6. The van der Waals surface area contributed by atoms with Crippen LogP contribution in [0.15, 0.2) is 132 Å². The van der Waals surface area contributed by atoms with Gasteiger partial charge in [0.2, 0.25) is 0 Å². The molecule has 0 unspecified atom stereocenters. The lowest BCUT2D eigenvalue weighted by atomic mass is 10.0. The molecule has 8 bridgehead atoms. The van der Waals surface area contributed by atoms with Gasteiger partial charge in [0.25, 0.3) is 0 Å². The van der Waals surface area contributed by atoms with E-state index in [-0.39, 0.29) is 0 Å². The van der Waals surface area contributed by atoms with Crippen molar-refractivity contribution in [3.8, 4) is 0 Å². The Balaban J connectivity index is 1.07. The largest absolute Gasteiger partial charge is 0.343 e. The van der Waals surface area contributed by atoms with Crippen LogP contribution < -0.4 is 9.80 Å². The van der Waals surface area contributed by atoms with Crippen molar-refractivity contribution in [1.29, 1.82) is 0 Å². The summed E-state index contributed by atoms with van der Waals surface area (Å²) in [6.07, 6.45) is 23.2. The monoisotopic (exact) mass is 630 g/mol. The van der Waals surface area contributed by atoms with Crippen molar-refractivity contribution >= 4 is 35.0 Å². The van der Waals surface area contributed by atoms with E-state index in [1.807, 2.05) is 0 Å². The Hall–Kier alpha value is -4.96. The van der Waals surface area contributed by atoms with E-state index in [2.05, 4.69) is 144 Å². The van der Waals surface area contributed by atoms with Crippen molar-refractivity contribution in [3.63, 3.8) is 0 Å². The van der Waals surface area contributed by atoms with Crippen LogP contribution in [0.1, 0.15) is 84.7 Å². The average Bonchev–Trinajstić information content (AvgIpc) is 3.13. The van der Waals surface area contributed by atoms with E-state index in [1.165, 1.54) is 83.3 Å². The van der Waals surface area contributed by atoms with Crippen molar-refractivity contribution in [2.75, 3.05) is 22.9 Å². The maximum absolute atomic E-state index is 5.03. The zero-order valence-corrected chi connectivity index (χ0v) is 28.0. The standard InChI is InChI=1S/C44H46N4/c1-2-4-6-12-30-46-42-28-32-48(44-16-10-8-14-40(42)44)34-38-25-21-36(22-26-38)18-17-35-19-23-37(24-20-35)33-47-31-27-41(45-29-11-5-3-1)39-13-7-9-15-43(39)47/h7-10,13-28,31-32H,1-6,11-12,29-30,33-34H2/b18-17-,45-41?,46-42?. The van der Waals surface area contributed by atoms with Crippen molar-refractivity contribution in [1.82, 2.24) is 0 Å². The molecule has 0 spiro atoms. The number of benzene rings is 4. The van der Waals surface area contributed by atoms with E-state index in [9.17, 15) is 0 Å². The van der Waals surface area contributed by atoms with Gasteiger partial charge in [0.1, 0.15) is 0 Å². The molecule has 6 aliphatic rings. The van der Waals surface area contributed by atoms with Crippen LogP contribution in [-0.2, 0) is 13.1 Å². The minimum Gasteiger partial charge on any atom is -0.343 e. The maximum Gasteiger partial charge on any atom is 0.0682 e. The van der Waals surface area contributed by atoms with Gasteiger partial charge in [-0.1, -0.05) is 136 Å². The fourth-order valence-electron chi connectivity index (χ4n) is 6.83. The molecule has 0 fully saturated rings. The van der Waals surface area contributed by atoms with E-state index >= 15 is 0 Å². The van der Waals surface area contributed by atoms with Gasteiger partial charge in [-0.25, -0.2) is 0 Å². The number of allylic oxidation sites excluding steroid dienone is 2. The van der Waals surface area contributed by atoms with E-state index in [0.29, 0.717) is 0 Å². The van der Waals surface area contributed by atoms with Crippen molar-refractivity contribution in [2.24, 2.45) is 9.98 Å². The number of hydrogen-bond acceptors (Lipinski definition) is 4. The molecule has 242 valence electrons. The van der Waals surface area contributed by atoms with Crippen LogP contribution >= 0.6 is 0 Å². The Bertz CT molecular complexity index is 1690. The van der Waals surface area contributed by atoms with E-state index in [0.717, 1.165) is 50.4 Å². The second-order valence-electron chi connectivity index (χ2n) is 13.1. The Morgan fingerprint density at radius 1 is 0.396 bits per heavy atom. The van der Waals surface area contributed by atoms with Crippen LogP contribution in [0, 0.1) is 0 Å². The fraction of sp³-hybridized carbons (Fsp3) is 0.273. The molecule has 0 atom stereocenters. The van der Waals surface area contributed by atoms with Gasteiger partial charge < -0.3 is 9.80 Å². The molecule has 6 aliphatic heterocycles. The lowest BCUT2D eigenvalue weighted by Gasteiger charge is -2.27. The van der Waals surface area contributed by atoms with E-state index in [4.69, 9.17) is 9.98 Å². The van der Waals surface area contributed by atoms with E-state index < -0.39 is 0 Å². The maximum atomic E-state index is 5.03. The van der Waals surface area contributed by atoms with Crippen molar-refractivity contribution < 1.29 is 0 Å². The Morgan fingerprint density at radius 2 is 0.792 bits per heavy atom. The molecule has 0 N–H and O–H groups in total. The third-order valence-corrected chi connectivity index (χ3v) is 9.57. The molecule has 0 saturated heterocycles. The first-order valence-corrected chi connectivity index (χ1v) is 17.8. The first kappa shape index (κ1) is 31.6. The van der Waals surface area contributed by atoms with Crippen LogP contribution in [0.25, 0.3) is 12.2 Å². The minimum atomic E-state index is 0.830. The number of fused-ring (bicyclic) bond motifs is 3. The smallest absolute Gasteiger partial charge is 0.0682 e. The van der Waals surface area contributed by atoms with Gasteiger partial charge in [0.15, 0.2) is 0 Å². The highest BCUT2D eigenvalue weighted by atomic mass is 15.1. The van der Waals surface area contributed by atoms with Gasteiger partial charge >= 0.3 is 0 Å². The van der Waals surface area contributed by atoms with E-state index in [1.54, 1.807) is 0 Å².